The van der Waals surface area contributed by atoms with Crippen molar-refractivity contribution >= 4 is 11.8 Å². The number of carbonyl (C=O) groups is 2. The number of amides is 2. The van der Waals surface area contributed by atoms with Crippen LogP contribution in [0.3, 0.4) is 0 Å². The zero-order valence-corrected chi connectivity index (χ0v) is 9.00. The second-order valence-corrected chi connectivity index (χ2v) is 3.61. The van der Waals surface area contributed by atoms with Crippen LogP contribution in [-0.4, -0.2) is 55.4 Å². The molecule has 1 rings (SSSR count). The summed E-state index contributed by atoms with van der Waals surface area (Å²) in [6.07, 6.45) is -2.56. The molecule has 0 aromatic carbocycles. The first-order chi connectivity index (χ1) is 7.50. The van der Waals surface area contributed by atoms with Crippen LogP contribution >= 0.6 is 0 Å². The molecule has 0 aliphatic carbocycles. The quantitative estimate of drug-likeness (QED) is 0.672. The van der Waals surface area contributed by atoms with Gasteiger partial charge in [0.25, 0.3) is 6.43 Å². The highest BCUT2D eigenvalue weighted by Crippen LogP contribution is 2.00. The average Bonchev–Trinajstić information content (AvgIpc) is 2.26. The molecule has 0 spiro atoms. The lowest BCUT2D eigenvalue weighted by Crippen LogP contribution is -2.58. The number of hydrogen-bond acceptors (Lipinski definition) is 3. The maximum Gasteiger partial charge on any atom is 0.255 e. The van der Waals surface area contributed by atoms with Gasteiger partial charge < -0.3 is 15.5 Å². The van der Waals surface area contributed by atoms with E-state index in [9.17, 15) is 18.4 Å². The molecule has 1 heterocycles. The number of halogens is 2. The summed E-state index contributed by atoms with van der Waals surface area (Å²) < 4.78 is 23.7. The molecule has 0 aromatic heterocycles. The van der Waals surface area contributed by atoms with E-state index >= 15 is 0 Å². The van der Waals surface area contributed by atoms with Gasteiger partial charge >= 0.3 is 0 Å². The van der Waals surface area contributed by atoms with E-state index in [2.05, 4.69) is 10.6 Å². The Balaban J connectivity index is 2.41. The smallest absolute Gasteiger partial charge is 0.255 e. The van der Waals surface area contributed by atoms with E-state index in [0.29, 0.717) is 13.1 Å². The molecule has 0 unspecified atom stereocenters. The molecule has 7 heteroatoms. The van der Waals surface area contributed by atoms with Crippen LogP contribution in [0.5, 0.6) is 0 Å². The van der Waals surface area contributed by atoms with Gasteiger partial charge in [-0.2, -0.15) is 0 Å². The molecule has 1 atom stereocenters. The molecule has 0 saturated carbocycles. The summed E-state index contributed by atoms with van der Waals surface area (Å²) in [4.78, 5) is 24.0. The molecular formula is C9H15F2N3O2. The molecule has 5 nitrogen and oxygen atoms in total. The number of nitrogens with zero attached hydrogens (tertiary/aromatic N) is 1. The summed E-state index contributed by atoms with van der Waals surface area (Å²) in [5, 5.41) is 5.00. The summed E-state index contributed by atoms with van der Waals surface area (Å²) in [6, 6.07) is -0.601. The summed E-state index contributed by atoms with van der Waals surface area (Å²) in [6.45, 7) is 2.02. The normalized spacial score (nSPS) is 21.0. The van der Waals surface area contributed by atoms with Crippen LogP contribution in [0, 0.1) is 0 Å². The van der Waals surface area contributed by atoms with Crippen molar-refractivity contribution in [2.45, 2.75) is 19.4 Å². The van der Waals surface area contributed by atoms with Crippen LogP contribution in [0.4, 0.5) is 8.78 Å². The molecule has 1 aliphatic rings. The van der Waals surface area contributed by atoms with E-state index in [1.165, 1.54) is 11.8 Å². The Morgan fingerprint density at radius 3 is 2.81 bits per heavy atom. The summed E-state index contributed by atoms with van der Waals surface area (Å²) in [5.74, 6) is -0.612. The van der Waals surface area contributed by atoms with Gasteiger partial charge in [-0.25, -0.2) is 8.78 Å². The Kier molecular flexibility index (Phi) is 4.60. The minimum Gasteiger partial charge on any atom is -0.349 e. The molecule has 0 radical (unpaired) electrons. The van der Waals surface area contributed by atoms with Gasteiger partial charge in [0, 0.05) is 26.6 Å². The highest BCUT2D eigenvalue weighted by Gasteiger charge is 2.26. The molecule has 1 fully saturated rings. The molecule has 16 heavy (non-hydrogen) atoms. The maximum atomic E-state index is 11.9. The fraction of sp³-hybridized carbons (Fsp3) is 0.778. The zero-order chi connectivity index (χ0) is 12.1. The lowest BCUT2D eigenvalue weighted by molar-refractivity contribution is -0.132. The first kappa shape index (κ1) is 12.8. The predicted octanol–water partition coefficient (Wildman–Crippen LogP) is -0.812. The van der Waals surface area contributed by atoms with E-state index in [1.807, 2.05) is 0 Å². The molecule has 92 valence electrons. The molecular weight excluding hydrogens is 220 g/mol. The third kappa shape index (κ3) is 3.73. The third-order valence-corrected chi connectivity index (χ3v) is 2.37. The van der Waals surface area contributed by atoms with E-state index < -0.39 is 24.9 Å². The number of hydrogen-bond donors (Lipinski definition) is 2. The Labute approximate surface area is 92.2 Å². The van der Waals surface area contributed by atoms with Gasteiger partial charge in [-0.15, -0.1) is 0 Å². The fourth-order valence-corrected chi connectivity index (χ4v) is 1.51. The SMILES string of the molecule is CC(=O)N1CCN[C@@H](C(=O)NCC(F)F)C1. The van der Waals surface area contributed by atoms with E-state index in [0.717, 1.165) is 0 Å². The van der Waals surface area contributed by atoms with Crippen LogP contribution in [0.15, 0.2) is 0 Å². The van der Waals surface area contributed by atoms with Crippen LogP contribution < -0.4 is 10.6 Å². The lowest BCUT2D eigenvalue weighted by Gasteiger charge is -2.32. The van der Waals surface area contributed by atoms with Gasteiger partial charge in [0.05, 0.1) is 6.54 Å². The van der Waals surface area contributed by atoms with Gasteiger partial charge in [0.15, 0.2) is 0 Å². The summed E-state index contributed by atoms with van der Waals surface area (Å²) in [5.41, 5.74) is 0. The minimum absolute atomic E-state index is 0.117. The zero-order valence-electron chi connectivity index (χ0n) is 9.00. The van der Waals surface area contributed by atoms with Gasteiger partial charge in [0.2, 0.25) is 11.8 Å². The van der Waals surface area contributed by atoms with Crippen molar-refractivity contribution in [3.05, 3.63) is 0 Å². The van der Waals surface area contributed by atoms with Crippen molar-refractivity contribution < 1.29 is 18.4 Å². The van der Waals surface area contributed by atoms with Crippen LogP contribution in [0.2, 0.25) is 0 Å². The van der Waals surface area contributed by atoms with Gasteiger partial charge in [-0.3, -0.25) is 9.59 Å². The first-order valence-electron chi connectivity index (χ1n) is 5.05. The molecule has 0 aromatic rings. The summed E-state index contributed by atoms with van der Waals surface area (Å²) >= 11 is 0. The van der Waals surface area contributed by atoms with Crippen molar-refractivity contribution in [3.8, 4) is 0 Å². The Morgan fingerprint density at radius 1 is 1.56 bits per heavy atom. The number of piperazine rings is 1. The molecule has 0 bridgehead atoms. The lowest BCUT2D eigenvalue weighted by atomic mass is 10.2. The number of carbonyl (C=O) groups excluding carboxylic acids is 2. The van der Waals surface area contributed by atoms with Crippen LogP contribution in [-0.2, 0) is 9.59 Å². The molecule has 1 saturated heterocycles. The van der Waals surface area contributed by atoms with Gasteiger partial charge in [0.1, 0.15) is 6.04 Å². The highest BCUT2D eigenvalue weighted by atomic mass is 19.3. The standard InChI is InChI=1S/C9H15F2N3O2/c1-6(15)14-3-2-12-7(5-14)9(16)13-4-8(10)11/h7-8,12H,2-5H2,1H3,(H,13,16)/t7-/m1/s1. The molecule has 2 amide bonds. The Hall–Kier alpha value is -1.24. The average molecular weight is 235 g/mol. The maximum absolute atomic E-state index is 11.9. The monoisotopic (exact) mass is 235 g/mol. The number of alkyl halides is 2. The number of nitrogens with one attached hydrogen (secondary N) is 2. The van der Waals surface area contributed by atoms with Gasteiger partial charge in [-0.1, -0.05) is 0 Å². The van der Waals surface area contributed by atoms with Crippen LogP contribution in [0.1, 0.15) is 6.92 Å². The first-order valence-corrected chi connectivity index (χ1v) is 5.05. The van der Waals surface area contributed by atoms with Crippen molar-refractivity contribution in [1.29, 1.82) is 0 Å². The van der Waals surface area contributed by atoms with Crippen molar-refractivity contribution in [2.75, 3.05) is 26.2 Å². The topological polar surface area (TPSA) is 61.4 Å². The Morgan fingerprint density at radius 2 is 2.25 bits per heavy atom. The second kappa shape index (κ2) is 5.74. The summed E-state index contributed by atoms with van der Waals surface area (Å²) in [7, 11) is 0. The fourth-order valence-electron chi connectivity index (χ4n) is 1.51. The minimum atomic E-state index is -2.56. The van der Waals surface area contributed by atoms with E-state index in [1.54, 1.807) is 0 Å². The van der Waals surface area contributed by atoms with Crippen molar-refractivity contribution in [3.63, 3.8) is 0 Å². The molecule has 2 N–H and O–H groups in total. The Bertz CT molecular complexity index is 273. The molecule has 1 aliphatic heterocycles. The third-order valence-electron chi connectivity index (χ3n) is 2.37. The highest BCUT2D eigenvalue weighted by molar-refractivity contribution is 5.83. The van der Waals surface area contributed by atoms with E-state index in [-0.39, 0.29) is 12.5 Å². The number of rotatable bonds is 3. The predicted molar refractivity (Wildman–Crippen MR) is 53.1 cm³/mol. The largest absolute Gasteiger partial charge is 0.349 e. The van der Waals surface area contributed by atoms with Gasteiger partial charge in [-0.05, 0) is 0 Å². The van der Waals surface area contributed by atoms with Crippen LogP contribution in [0.25, 0.3) is 0 Å². The van der Waals surface area contributed by atoms with Crippen molar-refractivity contribution in [2.24, 2.45) is 0 Å². The second-order valence-electron chi connectivity index (χ2n) is 3.61. The van der Waals surface area contributed by atoms with Crippen molar-refractivity contribution in [1.82, 2.24) is 15.5 Å². The van der Waals surface area contributed by atoms with E-state index in [4.69, 9.17) is 0 Å².